The molecule has 0 saturated heterocycles. The Morgan fingerprint density at radius 3 is 2.56 bits per heavy atom. The number of carbonyl (C=O) groups excluding carboxylic acids is 1. The number of hydrogen-bond acceptors (Lipinski definition) is 3. The number of esters is 1. The predicted octanol–water partition coefficient (Wildman–Crippen LogP) is 3.99. The Morgan fingerprint density at radius 1 is 1.17 bits per heavy atom. The van der Waals surface area contributed by atoms with E-state index in [0.29, 0.717) is 10.6 Å². The van der Waals surface area contributed by atoms with Crippen LogP contribution in [0.15, 0.2) is 53.4 Å². The number of rotatable bonds is 3. The molecule has 0 saturated carbocycles. The lowest BCUT2D eigenvalue weighted by Crippen LogP contribution is -2.05. The molecule has 2 rings (SSSR count). The Kier molecular flexibility index (Phi) is 4.28. The first-order chi connectivity index (χ1) is 8.65. The molecule has 0 aromatic heterocycles. The van der Waals surface area contributed by atoms with Crippen LogP contribution in [0, 0.1) is 0 Å². The first kappa shape index (κ1) is 13.0. The average Bonchev–Trinajstić information content (AvgIpc) is 2.38. The summed E-state index contributed by atoms with van der Waals surface area (Å²) in [6.07, 6.45) is 0. The Labute approximate surface area is 116 Å². The molecule has 0 atom stereocenters. The fraction of sp³-hybridized carbons (Fsp3) is 0.0714. The van der Waals surface area contributed by atoms with Gasteiger partial charge in [0.05, 0.1) is 5.56 Å². The lowest BCUT2D eigenvalue weighted by molar-refractivity contribution is 0.0472. The molecule has 0 unspecified atom stereocenters. The highest BCUT2D eigenvalue weighted by Crippen LogP contribution is 2.13. The molecule has 0 spiro atoms. The van der Waals surface area contributed by atoms with E-state index in [4.69, 9.17) is 16.3 Å². The molecule has 0 aliphatic heterocycles. The van der Waals surface area contributed by atoms with Crippen molar-refractivity contribution in [3.05, 3.63) is 64.7 Å². The Bertz CT molecular complexity index is 552. The summed E-state index contributed by atoms with van der Waals surface area (Å²) in [4.78, 5) is 12.5. The van der Waals surface area contributed by atoms with E-state index >= 15 is 0 Å². The third-order valence-electron chi connectivity index (χ3n) is 2.37. The van der Waals surface area contributed by atoms with Gasteiger partial charge in [-0.1, -0.05) is 29.8 Å². The monoisotopic (exact) mass is 278 g/mol. The summed E-state index contributed by atoms with van der Waals surface area (Å²) >= 11 is 9.95. The van der Waals surface area contributed by atoms with Crippen molar-refractivity contribution in [1.82, 2.24) is 0 Å². The van der Waals surface area contributed by atoms with Crippen LogP contribution in [0.4, 0.5) is 0 Å². The van der Waals surface area contributed by atoms with Crippen molar-refractivity contribution in [2.75, 3.05) is 0 Å². The molecule has 4 heteroatoms. The topological polar surface area (TPSA) is 26.3 Å². The fourth-order valence-electron chi connectivity index (χ4n) is 1.45. The van der Waals surface area contributed by atoms with Crippen molar-refractivity contribution in [2.24, 2.45) is 0 Å². The minimum atomic E-state index is -0.360. The van der Waals surface area contributed by atoms with Gasteiger partial charge < -0.3 is 4.74 Å². The number of carbonyl (C=O) groups is 1. The second kappa shape index (κ2) is 5.94. The van der Waals surface area contributed by atoms with Gasteiger partial charge in [0.2, 0.25) is 0 Å². The summed E-state index contributed by atoms with van der Waals surface area (Å²) in [6.45, 7) is 0.229. The van der Waals surface area contributed by atoms with Crippen LogP contribution in [-0.2, 0) is 11.3 Å². The van der Waals surface area contributed by atoms with Crippen LogP contribution < -0.4 is 0 Å². The molecule has 0 aliphatic rings. The van der Waals surface area contributed by atoms with Crippen molar-refractivity contribution < 1.29 is 9.53 Å². The molecule has 0 N–H and O–H groups in total. The largest absolute Gasteiger partial charge is 0.457 e. The van der Waals surface area contributed by atoms with Crippen LogP contribution in [0.3, 0.4) is 0 Å². The highest BCUT2D eigenvalue weighted by atomic mass is 35.5. The molecular formula is C14H11ClO2S. The molecular weight excluding hydrogens is 268 g/mol. The van der Waals surface area contributed by atoms with Gasteiger partial charge in [0, 0.05) is 9.92 Å². The van der Waals surface area contributed by atoms with Crippen molar-refractivity contribution >= 4 is 30.2 Å². The quantitative estimate of drug-likeness (QED) is 0.679. The maximum Gasteiger partial charge on any atom is 0.338 e. The van der Waals surface area contributed by atoms with Gasteiger partial charge in [0.25, 0.3) is 0 Å². The number of benzene rings is 2. The Balaban J connectivity index is 1.98. The lowest BCUT2D eigenvalue weighted by atomic mass is 10.2. The highest BCUT2D eigenvalue weighted by Gasteiger charge is 2.07. The van der Waals surface area contributed by atoms with Gasteiger partial charge in [0.1, 0.15) is 6.61 Å². The highest BCUT2D eigenvalue weighted by molar-refractivity contribution is 7.80. The lowest BCUT2D eigenvalue weighted by Gasteiger charge is -2.05. The van der Waals surface area contributed by atoms with Gasteiger partial charge in [-0.15, -0.1) is 12.6 Å². The van der Waals surface area contributed by atoms with Gasteiger partial charge in [-0.3, -0.25) is 0 Å². The summed E-state index contributed by atoms with van der Waals surface area (Å²) in [5, 5.41) is 0.660. The van der Waals surface area contributed by atoms with E-state index < -0.39 is 0 Å². The SMILES string of the molecule is O=C(OCc1ccc(Cl)cc1)c1cccc(S)c1. The molecule has 0 fully saturated rings. The zero-order valence-electron chi connectivity index (χ0n) is 9.47. The van der Waals surface area contributed by atoms with E-state index in [1.165, 1.54) is 0 Å². The van der Waals surface area contributed by atoms with Gasteiger partial charge in [-0.05, 0) is 35.9 Å². The van der Waals surface area contributed by atoms with Crippen LogP contribution >= 0.6 is 24.2 Å². The molecule has 92 valence electrons. The van der Waals surface area contributed by atoms with Gasteiger partial charge in [-0.2, -0.15) is 0 Å². The van der Waals surface area contributed by atoms with E-state index in [1.54, 1.807) is 36.4 Å². The molecule has 0 heterocycles. The molecule has 0 amide bonds. The van der Waals surface area contributed by atoms with Crippen molar-refractivity contribution in [2.45, 2.75) is 11.5 Å². The zero-order chi connectivity index (χ0) is 13.0. The van der Waals surface area contributed by atoms with Gasteiger partial charge in [-0.25, -0.2) is 4.79 Å². The summed E-state index contributed by atoms with van der Waals surface area (Å²) in [6, 6.07) is 14.1. The Morgan fingerprint density at radius 2 is 1.89 bits per heavy atom. The maximum atomic E-state index is 11.8. The second-order valence-electron chi connectivity index (χ2n) is 3.75. The summed E-state index contributed by atoms with van der Waals surface area (Å²) in [7, 11) is 0. The average molecular weight is 279 g/mol. The van der Waals surface area contributed by atoms with Gasteiger partial charge >= 0.3 is 5.97 Å². The minimum absolute atomic E-state index is 0.229. The normalized spacial score (nSPS) is 10.1. The van der Waals surface area contributed by atoms with E-state index in [2.05, 4.69) is 12.6 Å². The number of halogens is 1. The summed E-state index contributed by atoms with van der Waals surface area (Å²) < 4.78 is 5.19. The number of ether oxygens (including phenoxy) is 1. The first-order valence-electron chi connectivity index (χ1n) is 5.36. The maximum absolute atomic E-state index is 11.8. The van der Waals surface area contributed by atoms with Crippen molar-refractivity contribution in [1.29, 1.82) is 0 Å². The molecule has 0 radical (unpaired) electrons. The zero-order valence-corrected chi connectivity index (χ0v) is 11.1. The number of thiol groups is 1. The first-order valence-corrected chi connectivity index (χ1v) is 6.18. The van der Waals surface area contributed by atoms with Crippen molar-refractivity contribution in [3.63, 3.8) is 0 Å². The smallest absolute Gasteiger partial charge is 0.338 e. The van der Waals surface area contributed by atoms with Crippen LogP contribution in [0.5, 0.6) is 0 Å². The van der Waals surface area contributed by atoms with Crippen molar-refractivity contribution in [3.8, 4) is 0 Å². The van der Waals surface area contributed by atoms with E-state index in [9.17, 15) is 4.79 Å². The van der Waals surface area contributed by atoms with Crippen LogP contribution in [0.1, 0.15) is 15.9 Å². The third-order valence-corrected chi connectivity index (χ3v) is 2.90. The predicted molar refractivity (Wildman–Crippen MR) is 74.3 cm³/mol. The Hall–Kier alpha value is -1.45. The molecule has 18 heavy (non-hydrogen) atoms. The summed E-state index contributed by atoms with van der Waals surface area (Å²) in [5.41, 5.74) is 1.39. The number of hydrogen-bond donors (Lipinski definition) is 1. The van der Waals surface area contributed by atoms with E-state index in [-0.39, 0.29) is 12.6 Å². The summed E-state index contributed by atoms with van der Waals surface area (Å²) in [5.74, 6) is -0.360. The molecule has 0 bridgehead atoms. The fourth-order valence-corrected chi connectivity index (χ4v) is 1.80. The molecule has 2 nitrogen and oxygen atoms in total. The van der Waals surface area contributed by atoms with E-state index in [1.807, 2.05) is 12.1 Å². The minimum Gasteiger partial charge on any atom is -0.457 e. The molecule has 2 aromatic rings. The molecule has 0 aliphatic carbocycles. The second-order valence-corrected chi connectivity index (χ2v) is 4.71. The van der Waals surface area contributed by atoms with Crippen LogP contribution in [0.25, 0.3) is 0 Å². The van der Waals surface area contributed by atoms with Gasteiger partial charge in [0.15, 0.2) is 0 Å². The van der Waals surface area contributed by atoms with Crippen LogP contribution in [0.2, 0.25) is 5.02 Å². The standard InChI is InChI=1S/C14H11ClO2S/c15-12-6-4-10(5-7-12)9-17-14(16)11-2-1-3-13(18)8-11/h1-8,18H,9H2. The molecule has 2 aromatic carbocycles. The third kappa shape index (κ3) is 3.52. The van der Waals surface area contributed by atoms with Crippen LogP contribution in [-0.4, -0.2) is 5.97 Å². The van der Waals surface area contributed by atoms with E-state index in [0.717, 1.165) is 10.5 Å².